The van der Waals surface area contributed by atoms with E-state index in [-0.39, 0.29) is 0 Å². The van der Waals surface area contributed by atoms with Gasteiger partial charge in [-0.25, -0.2) is 0 Å². The van der Waals surface area contributed by atoms with Crippen molar-refractivity contribution in [1.82, 2.24) is 0 Å². The molecule has 0 saturated carbocycles. The first-order valence-electron chi connectivity index (χ1n) is 9.41. The van der Waals surface area contributed by atoms with E-state index in [0.717, 1.165) is 27.1 Å². The van der Waals surface area contributed by atoms with Crippen molar-refractivity contribution in [2.45, 2.75) is 24.4 Å². The van der Waals surface area contributed by atoms with Crippen LogP contribution < -0.4 is 0 Å². The number of thiol groups is 1. The molecule has 28 heavy (non-hydrogen) atoms. The summed E-state index contributed by atoms with van der Waals surface area (Å²) in [7, 11) is -3.44. The van der Waals surface area contributed by atoms with Crippen molar-refractivity contribution in [3.05, 3.63) is 90.0 Å². The maximum Gasteiger partial charge on any atom is 0.342 e. The van der Waals surface area contributed by atoms with Gasteiger partial charge in [0.15, 0.2) is 0 Å². The van der Waals surface area contributed by atoms with E-state index in [4.69, 9.17) is 9.05 Å². The smallest absolute Gasteiger partial charge is 0.308 e. The van der Waals surface area contributed by atoms with Crippen LogP contribution in [0.5, 0.6) is 0 Å². The summed E-state index contributed by atoms with van der Waals surface area (Å²) in [5.74, 6) is 0. The molecule has 0 N–H and O–H groups in total. The van der Waals surface area contributed by atoms with E-state index in [1.54, 1.807) is 0 Å². The van der Waals surface area contributed by atoms with Gasteiger partial charge in [0.1, 0.15) is 5.66 Å². The van der Waals surface area contributed by atoms with Crippen LogP contribution in [0.3, 0.4) is 0 Å². The van der Waals surface area contributed by atoms with Crippen molar-refractivity contribution in [2.24, 2.45) is 0 Å². The van der Waals surface area contributed by atoms with Crippen molar-refractivity contribution in [3.63, 3.8) is 0 Å². The molecule has 5 heteroatoms. The third kappa shape index (κ3) is 4.59. The number of hydrogen-bond acceptors (Lipinski definition) is 4. The fourth-order valence-electron chi connectivity index (χ4n) is 3.29. The van der Waals surface area contributed by atoms with Gasteiger partial charge < -0.3 is 9.05 Å². The average molecular weight is 412 g/mol. The lowest BCUT2D eigenvalue weighted by Gasteiger charge is -2.28. The van der Waals surface area contributed by atoms with Crippen molar-refractivity contribution >= 4 is 20.2 Å². The molecule has 0 aliphatic heterocycles. The fourth-order valence-corrected chi connectivity index (χ4v) is 5.87. The van der Waals surface area contributed by atoms with Gasteiger partial charge in [0, 0.05) is 4.90 Å². The normalized spacial score (nSPS) is 12.7. The highest BCUT2D eigenvalue weighted by Crippen LogP contribution is 2.64. The first-order chi connectivity index (χ1) is 13.6. The topological polar surface area (TPSA) is 35.5 Å². The molecule has 3 aromatic rings. The molecule has 3 aromatic carbocycles. The first kappa shape index (κ1) is 20.9. The van der Waals surface area contributed by atoms with Gasteiger partial charge >= 0.3 is 7.60 Å². The van der Waals surface area contributed by atoms with Crippen LogP contribution >= 0.6 is 20.2 Å². The Labute approximate surface area is 172 Å². The molecule has 0 radical (unpaired) electrons. The molecule has 0 amide bonds. The van der Waals surface area contributed by atoms with Crippen molar-refractivity contribution in [1.29, 1.82) is 0 Å². The Morgan fingerprint density at radius 2 is 1.32 bits per heavy atom. The Balaban J connectivity index is 2.09. The molecule has 0 spiro atoms. The summed E-state index contributed by atoms with van der Waals surface area (Å²) in [5, 5.41) is 0. The van der Waals surface area contributed by atoms with Crippen LogP contribution in [0.15, 0.2) is 83.8 Å². The lowest BCUT2D eigenvalue weighted by Crippen LogP contribution is -2.09. The second-order valence-corrected chi connectivity index (χ2v) is 8.92. The van der Waals surface area contributed by atoms with E-state index in [1.165, 1.54) is 0 Å². The van der Waals surface area contributed by atoms with E-state index in [9.17, 15) is 4.57 Å². The Morgan fingerprint density at radius 1 is 0.786 bits per heavy atom. The molecular formula is C23H25O3PS. The Kier molecular flexibility index (Phi) is 7.14. The minimum absolute atomic E-state index is 0.310. The maximum absolute atomic E-state index is 13.7. The van der Waals surface area contributed by atoms with Crippen LogP contribution in [0, 0.1) is 0 Å². The van der Waals surface area contributed by atoms with Gasteiger partial charge in [-0.15, -0.1) is 12.6 Å². The monoisotopic (exact) mass is 412 g/mol. The summed E-state index contributed by atoms with van der Waals surface area (Å²) in [4.78, 5) is 0.763. The van der Waals surface area contributed by atoms with Gasteiger partial charge in [-0.1, -0.05) is 72.8 Å². The molecular weight excluding hydrogens is 387 g/mol. The Bertz CT molecular complexity index is 932. The summed E-state index contributed by atoms with van der Waals surface area (Å²) in [6, 6.07) is 25.9. The van der Waals surface area contributed by atoms with Crippen LogP contribution in [0.25, 0.3) is 11.1 Å². The van der Waals surface area contributed by atoms with Gasteiger partial charge in [-0.2, -0.15) is 0 Å². The molecule has 3 rings (SSSR count). The van der Waals surface area contributed by atoms with Gasteiger partial charge in [-0.3, -0.25) is 4.57 Å². The molecule has 0 aromatic heterocycles. The zero-order chi connectivity index (χ0) is 20.0. The third-order valence-electron chi connectivity index (χ3n) is 4.50. The van der Waals surface area contributed by atoms with Crippen LogP contribution in [0.4, 0.5) is 0 Å². The average Bonchev–Trinajstić information content (AvgIpc) is 2.71. The van der Waals surface area contributed by atoms with Crippen LogP contribution in [0.2, 0.25) is 0 Å². The molecule has 0 aliphatic carbocycles. The van der Waals surface area contributed by atoms with Crippen molar-refractivity contribution in [2.75, 3.05) is 13.2 Å². The van der Waals surface area contributed by atoms with Gasteiger partial charge in [0.05, 0.1) is 13.2 Å². The van der Waals surface area contributed by atoms with E-state index < -0.39 is 13.3 Å². The highest BCUT2D eigenvalue weighted by molar-refractivity contribution is 7.80. The van der Waals surface area contributed by atoms with Gasteiger partial charge in [-0.05, 0) is 42.2 Å². The molecule has 146 valence electrons. The molecule has 1 atom stereocenters. The van der Waals surface area contributed by atoms with E-state index in [0.29, 0.717) is 13.2 Å². The van der Waals surface area contributed by atoms with Gasteiger partial charge in [0.2, 0.25) is 0 Å². The number of benzene rings is 3. The predicted molar refractivity (Wildman–Crippen MR) is 118 cm³/mol. The van der Waals surface area contributed by atoms with Crippen molar-refractivity contribution < 1.29 is 13.6 Å². The molecule has 0 fully saturated rings. The quantitative estimate of drug-likeness (QED) is 0.320. The largest absolute Gasteiger partial charge is 0.342 e. The number of rotatable bonds is 8. The molecule has 0 aliphatic rings. The van der Waals surface area contributed by atoms with Crippen LogP contribution in [-0.4, -0.2) is 13.2 Å². The minimum atomic E-state index is -3.44. The summed E-state index contributed by atoms with van der Waals surface area (Å²) in [5.41, 5.74) is 3.42. The van der Waals surface area contributed by atoms with Crippen LogP contribution in [0.1, 0.15) is 30.6 Å². The highest BCUT2D eigenvalue weighted by atomic mass is 32.1. The third-order valence-corrected chi connectivity index (χ3v) is 7.35. The lowest BCUT2D eigenvalue weighted by atomic mass is 10.00. The minimum Gasteiger partial charge on any atom is -0.308 e. The maximum atomic E-state index is 13.7. The highest BCUT2D eigenvalue weighted by Gasteiger charge is 2.39. The van der Waals surface area contributed by atoms with E-state index in [1.807, 2.05) is 80.6 Å². The molecule has 0 saturated heterocycles. The van der Waals surface area contributed by atoms with E-state index >= 15 is 0 Å². The second-order valence-electron chi connectivity index (χ2n) is 6.32. The molecule has 0 heterocycles. The van der Waals surface area contributed by atoms with Crippen molar-refractivity contribution in [3.8, 4) is 11.1 Å². The summed E-state index contributed by atoms with van der Waals surface area (Å²) in [6.45, 7) is 4.27. The predicted octanol–water partition coefficient (Wildman–Crippen LogP) is 7.00. The summed E-state index contributed by atoms with van der Waals surface area (Å²) >= 11 is 4.60. The fraction of sp³-hybridized carbons (Fsp3) is 0.217. The number of hydrogen-bond donors (Lipinski definition) is 1. The van der Waals surface area contributed by atoms with Crippen LogP contribution in [-0.2, 0) is 13.6 Å². The molecule has 3 nitrogen and oxygen atoms in total. The first-order valence-corrected chi connectivity index (χ1v) is 11.5. The Morgan fingerprint density at radius 3 is 1.89 bits per heavy atom. The second kappa shape index (κ2) is 9.58. The molecule has 1 unspecified atom stereocenters. The lowest BCUT2D eigenvalue weighted by molar-refractivity contribution is 0.215. The van der Waals surface area contributed by atoms with Gasteiger partial charge in [0.25, 0.3) is 0 Å². The van der Waals surface area contributed by atoms with E-state index in [2.05, 4.69) is 24.8 Å². The standard InChI is InChI=1S/C23H25O3PS/c1-3-25-27(24,26-4-2)23(21-12-8-9-13-22(21)28)20-16-14-19(15-17-20)18-10-6-5-7-11-18/h5-17,23,28H,3-4H2,1-2H3. The molecule has 0 bridgehead atoms. The zero-order valence-corrected chi connectivity index (χ0v) is 17.9. The summed E-state index contributed by atoms with van der Waals surface area (Å²) < 4.78 is 25.2. The zero-order valence-electron chi connectivity index (χ0n) is 16.1. The Hall–Kier alpha value is -1.84. The summed E-state index contributed by atoms with van der Waals surface area (Å²) in [6.07, 6.45) is 0. The SMILES string of the molecule is CCOP(=O)(OCC)C(c1ccc(-c2ccccc2)cc1)c1ccccc1S.